The first-order chi connectivity index (χ1) is 12.0. The number of rotatable bonds is 4. The van der Waals surface area contributed by atoms with Gasteiger partial charge in [-0.3, -0.25) is 19.3 Å². The van der Waals surface area contributed by atoms with Crippen LogP contribution in [0.25, 0.3) is 0 Å². The van der Waals surface area contributed by atoms with Crippen LogP contribution in [0.15, 0.2) is 24.7 Å². The number of ether oxygens (including phenoxy) is 1. The highest BCUT2D eigenvalue weighted by atomic mass is 16.5. The maximum Gasteiger partial charge on any atom is 0.272 e. The predicted octanol–water partition coefficient (Wildman–Crippen LogP) is -0.360. The molecular weight excluding hydrogens is 324 g/mol. The first-order valence-electron chi connectivity index (χ1n) is 8.00. The zero-order valence-corrected chi connectivity index (χ0v) is 14.0. The van der Waals surface area contributed by atoms with Crippen LogP contribution < -0.4 is 5.73 Å². The molecule has 2 aromatic rings. The van der Waals surface area contributed by atoms with E-state index in [-0.39, 0.29) is 17.5 Å². The molecule has 0 radical (unpaired) electrons. The van der Waals surface area contributed by atoms with E-state index >= 15 is 0 Å². The van der Waals surface area contributed by atoms with Gasteiger partial charge in [-0.2, -0.15) is 5.10 Å². The van der Waals surface area contributed by atoms with Gasteiger partial charge < -0.3 is 15.4 Å². The highest BCUT2D eigenvalue weighted by Gasteiger charge is 2.25. The molecule has 0 saturated carbocycles. The largest absolute Gasteiger partial charge is 0.379 e. The molecule has 3 rings (SSSR count). The summed E-state index contributed by atoms with van der Waals surface area (Å²) in [6, 6.07) is 1.71. The lowest BCUT2D eigenvalue weighted by Crippen LogP contribution is -2.37. The summed E-state index contributed by atoms with van der Waals surface area (Å²) >= 11 is 0. The summed E-state index contributed by atoms with van der Waals surface area (Å²) in [6.07, 6.45) is 5.11. The van der Waals surface area contributed by atoms with Gasteiger partial charge in [0.2, 0.25) is 0 Å². The van der Waals surface area contributed by atoms with E-state index in [4.69, 9.17) is 10.5 Å². The van der Waals surface area contributed by atoms with Crippen molar-refractivity contribution in [3.63, 3.8) is 0 Å². The predicted molar refractivity (Wildman–Crippen MR) is 87.7 cm³/mol. The zero-order valence-electron chi connectivity index (χ0n) is 14.0. The van der Waals surface area contributed by atoms with E-state index < -0.39 is 5.91 Å². The van der Waals surface area contributed by atoms with Crippen molar-refractivity contribution in [3.05, 3.63) is 41.7 Å². The van der Waals surface area contributed by atoms with E-state index in [0.717, 1.165) is 5.69 Å². The molecule has 25 heavy (non-hydrogen) atoms. The van der Waals surface area contributed by atoms with Crippen LogP contribution in [0.4, 0.5) is 0 Å². The van der Waals surface area contributed by atoms with Crippen molar-refractivity contribution >= 4 is 11.8 Å². The second-order valence-corrected chi connectivity index (χ2v) is 5.99. The summed E-state index contributed by atoms with van der Waals surface area (Å²) in [5.74, 6) is -0.580. The van der Waals surface area contributed by atoms with Gasteiger partial charge >= 0.3 is 0 Å². The Morgan fingerprint density at radius 1 is 1.36 bits per heavy atom. The van der Waals surface area contributed by atoms with Crippen molar-refractivity contribution in [2.45, 2.75) is 6.42 Å². The Balaban J connectivity index is 1.68. The quantitative estimate of drug-likeness (QED) is 0.810. The molecule has 1 saturated heterocycles. The number of carbonyl (C=O) groups is 2. The number of carbonyl (C=O) groups excluding carboxylic acids is 2. The Morgan fingerprint density at radius 2 is 2.20 bits per heavy atom. The highest BCUT2D eigenvalue weighted by molar-refractivity contribution is 5.92. The summed E-state index contributed by atoms with van der Waals surface area (Å²) in [7, 11) is 1.74. The Bertz CT molecular complexity index is 757. The summed E-state index contributed by atoms with van der Waals surface area (Å²) in [6.45, 7) is 2.12. The van der Waals surface area contributed by atoms with E-state index in [0.29, 0.717) is 38.4 Å². The van der Waals surface area contributed by atoms with Gasteiger partial charge in [-0.15, -0.1) is 0 Å². The van der Waals surface area contributed by atoms with Gasteiger partial charge in [-0.05, 0) is 12.5 Å². The molecule has 0 spiro atoms. The molecule has 1 fully saturated rings. The molecule has 0 bridgehead atoms. The zero-order chi connectivity index (χ0) is 17.8. The number of nitrogens with zero attached hydrogens (tertiary/aromatic N) is 5. The SMILES string of the molecule is Cn1nccc1C(=O)N1CCOCC(Cc2cnc(C(N)=O)cn2)C1. The van der Waals surface area contributed by atoms with Gasteiger partial charge in [0.05, 0.1) is 25.1 Å². The van der Waals surface area contributed by atoms with Crippen molar-refractivity contribution in [3.8, 4) is 0 Å². The third kappa shape index (κ3) is 4.00. The number of aryl methyl sites for hydroxylation is 1. The monoisotopic (exact) mass is 344 g/mol. The number of primary amides is 1. The molecule has 2 aromatic heterocycles. The van der Waals surface area contributed by atoms with Crippen molar-refractivity contribution in [1.82, 2.24) is 24.6 Å². The first kappa shape index (κ1) is 17.0. The lowest BCUT2D eigenvalue weighted by atomic mass is 10.0. The van der Waals surface area contributed by atoms with E-state index in [1.807, 2.05) is 0 Å². The molecule has 9 nitrogen and oxygen atoms in total. The first-order valence-corrected chi connectivity index (χ1v) is 8.00. The Morgan fingerprint density at radius 3 is 2.84 bits per heavy atom. The second-order valence-electron chi connectivity index (χ2n) is 5.99. The molecule has 1 atom stereocenters. The van der Waals surface area contributed by atoms with Crippen LogP contribution in [0.3, 0.4) is 0 Å². The fraction of sp³-hybridized carbons (Fsp3) is 0.438. The summed E-state index contributed by atoms with van der Waals surface area (Å²) in [5, 5.41) is 4.05. The molecule has 1 unspecified atom stereocenters. The standard InChI is InChI=1S/C16H20N6O3/c1-21-14(2-3-20-21)16(24)22-4-5-25-10-11(9-22)6-12-7-19-13(8-18-12)15(17)23/h2-3,7-8,11H,4-6,9-10H2,1H3,(H2,17,23). The van der Waals surface area contributed by atoms with Gasteiger partial charge in [-0.25, -0.2) is 4.98 Å². The molecule has 2 amide bonds. The molecule has 1 aliphatic rings. The minimum absolute atomic E-state index is 0.0642. The van der Waals surface area contributed by atoms with Crippen LogP contribution in [0.5, 0.6) is 0 Å². The number of nitrogens with two attached hydrogens (primary N) is 1. The number of aromatic nitrogens is 4. The van der Waals surface area contributed by atoms with Crippen molar-refractivity contribution < 1.29 is 14.3 Å². The normalized spacial score (nSPS) is 18.0. The van der Waals surface area contributed by atoms with E-state index in [9.17, 15) is 9.59 Å². The Hall–Kier alpha value is -2.81. The second kappa shape index (κ2) is 7.39. The van der Waals surface area contributed by atoms with Gasteiger partial charge in [0, 0.05) is 38.4 Å². The third-order valence-corrected chi connectivity index (χ3v) is 4.12. The molecule has 1 aliphatic heterocycles. The molecule has 3 heterocycles. The van der Waals surface area contributed by atoms with E-state index in [1.165, 1.54) is 12.4 Å². The summed E-state index contributed by atoms with van der Waals surface area (Å²) in [5.41, 5.74) is 6.58. The Kier molecular flexibility index (Phi) is 5.03. The number of amides is 2. The van der Waals surface area contributed by atoms with Crippen molar-refractivity contribution in [1.29, 1.82) is 0 Å². The molecule has 2 N–H and O–H groups in total. The summed E-state index contributed by atoms with van der Waals surface area (Å²) in [4.78, 5) is 33.7. The van der Waals surface area contributed by atoms with Crippen LogP contribution >= 0.6 is 0 Å². The third-order valence-electron chi connectivity index (χ3n) is 4.12. The average molecular weight is 344 g/mol. The molecule has 0 aromatic carbocycles. The van der Waals surface area contributed by atoms with Crippen LogP contribution in [-0.2, 0) is 18.2 Å². The van der Waals surface area contributed by atoms with Crippen molar-refractivity contribution in [2.75, 3.05) is 26.3 Å². The topological polar surface area (TPSA) is 116 Å². The number of hydrogen-bond donors (Lipinski definition) is 1. The van der Waals surface area contributed by atoms with Gasteiger partial charge in [0.1, 0.15) is 11.4 Å². The van der Waals surface area contributed by atoms with Gasteiger partial charge in [0.15, 0.2) is 0 Å². The average Bonchev–Trinajstić information content (AvgIpc) is 2.89. The molecule has 132 valence electrons. The smallest absolute Gasteiger partial charge is 0.272 e. The minimum atomic E-state index is -0.607. The lowest BCUT2D eigenvalue weighted by Gasteiger charge is -2.23. The van der Waals surface area contributed by atoms with E-state index in [2.05, 4.69) is 15.1 Å². The number of hydrogen-bond acceptors (Lipinski definition) is 6. The fourth-order valence-corrected chi connectivity index (χ4v) is 2.82. The van der Waals surface area contributed by atoms with Gasteiger partial charge in [-0.1, -0.05) is 0 Å². The van der Waals surface area contributed by atoms with E-state index in [1.54, 1.807) is 28.9 Å². The van der Waals surface area contributed by atoms with Gasteiger partial charge in [0.25, 0.3) is 11.8 Å². The van der Waals surface area contributed by atoms with Crippen molar-refractivity contribution in [2.24, 2.45) is 18.7 Å². The Labute approximate surface area is 144 Å². The highest BCUT2D eigenvalue weighted by Crippen LogP contribution is 2.15. The molecule has 0 aliphatic carbocycles. The minimum Gasteiger partial charge on any atom is -0.379 e. The maximum atomic E-state index is 12.7. The van der Waals surface area contributed by atoms with Crippen LogP contribution in [0.1, 0.15) is 26.7 Å². The lowest BCUT2D eigenvalue weighted by molar-refractivity contribution is 0.0726. The fourth-order valence-electron chi connectivity index (χ4n) is 2.82. The summed E-state index contributed by atoms with van der Waals surface area (Å²) < 4.78 is 7.20. The van der Waals surface area contributed by atoms with Crippen LogP contribution in [0.2, 0.25) is 0 Å². The van der Waals surface area contributed by atoms with Crippen LogP contribution in [0, 0.1) is 5.92 Å². The molecule has 9 heteroatoms. The van der Waals surface area contributed by atoms with Crippen LogP contribution in [-0.4, -0.2) is 62.8 Å². The molecular formula is C16H20N6O3. The maximum absolute atomic E-state index is 12.7.